The number of carbonyl (C=O) groups is 1. The molecule has 0 aliphatic rings. The van der Waals surface area contributed by atoms with Crippen LogP contribution < -0.4 is 5.73 Å². The van der Waals surface area contributed by atoms with E-state index in [9.17, 15) is 9.18 Å². The van der Waals surface area contributed by atoms with Crippen molar-refractivity contribution in [2.24, 2.45) is 5.73 Å². The minimum absolute atomic E-state index is 0.0440. The molecule has 0 aromatic heterocycles. The van der Waals surface area contributed by atoms with Gasteiger partial charge in [-0.15, -0.1) is 0 Å². The van der Waals surface area contributed by atoms with Crippen molar-refractivity contribution >= 4 is 5.78 Å². The summed E-state index contributed by atoms with van der Waals surface area (Å²) in [4.78, 5) is 11.2. The number of hydrogen-bond donors (Lipinski definition) is 1. The van der Waals surface area contributed by atoms with E-state index in [2.05, 4.69) is 0 Å². The largest absolute Gasteiger partial charge is 0.330 e. The molecule has 12 heavy (non-hydrogen) atoms. The summed E-state index contributed by atoms with van der Waals surface area (Å²) in [5.74, 6) is -0.378. The number of benzene rings is 1. The Bertz CT molecular complexity index is 268. The van der Waals surface area contributed by atoms with Crippen LogP contribution in [-0.4, -0.2) is 12.3 Å². The smallest absolute Gasteiger partial charge is 0.164 e. The molecule has 3 heteroatoms. The van der Waals surface area contributed by atoms with E-state index in [1.165, 1.54) is 24.3 Å². The molecule has 0 spiro atoms. The second kappa shape index (κ2) is 3.97. The number of nitrogens with two attached hydrogens (primary N) is 1. The Kier molecular flexibility index (Phi) is 2.94. The topological polar surface area (TPSA) is 43.1 Å². The first-order chi connectivity index (χ1) is 5.74. The standard InChI is InChI=1S/C9H10FNO/c10-8-3-1-7(2-4-8)9(12)5-6-11/h1-4H,5-6,11H2. The molecule has 0 heterocycles. The second-order valence-electron chi connectivity index (χ2n) is 2.47. The maximum absolute atomic E-state index is 12.4. The summed E-state index contributed by atoms with van der Waals surface area (Å²) in [5, 5.41) is 0. The lowest BCUT2D eigenvalue weighted by Gasteiger charge is -1.97. The van der Waals surface area contributed by atoms with Gasteiger partial charge in [0.1, 0.15) is 5.82 Å². The average Bonchev–Trinajstić information content (AvgIpc) is 2.06. The van der Waals surface area contributed by atoms with E-state index < -0.39 is 0 Å². The van der Waals surface area contributed by atoms with Crippen molar-refractivity contribution in [3.05, 3.63) is 35.6 Å². The molecular weight excluding hydrogens is 157 g/mol. The molecular formula is C9H10FNO. The van der Waals surface area contributed by atoms with E-state index in [0.717, 1.165) is 0 Å². The summed E-state index contributed by atoms with van der Waals surface area (Å²) in [6.07, 6.45) is 0.311. The number of carbonyl (C=O) groups excluding carboxylic acids is 1. The predicted octanol–water partition coefficient (Wildman–Crippen LogP) is 1.36. The van der Waals surface area contributed by atoms with Gasteiger partial charge < -0.3 is 5.73 Å². The Labute approximate surface area is 70.2 Å². The van der Waals surface area contributed by atoms with E-state index in [0.29, 0.717) is 18.5 Å². The second-order valence-corrected chi connectivity index (χ2v) is 2.47. The summed E-state index contributed by atoms with van der Waals surface area (Å²) in [6.45, 7) is 0.330. The number of ketones is 1. The fourth-order valence-corrected chi connectivity index (χ4v) is 0.911. The summed E-state index contributed by atoms with van der Waals surface area (Å²) in [7, 11) is 0. The molecule has 0 bridgehead atoms. The molecule has 0 fully saturated rings. The van der Waals surface area contributed by atoms with Gasteiger partial charge in [0.25, 0.3) is 0 Å². The van der Waals surface area contributed by atoms with Gasteiger partial charge in [0.05, 0.1) is 0 Å². The van der Waals surface area contributed by atoms with Crippen LogP contribution in [0.1, 0.15) is 16.8 Å². The van der Waals surface area contributed by atoms with Gasteiger partial charge in [0.15, 0.2) is 5.78 Å². The number of hydrogen-bond acceptors (Lipinski definition) is 2. The molecule has 1 aromatic rings. The maximum Gasteiger partial charge on any atom is 0.164 e. The van der Waals surface area contributed by atoms with Gasteiger partial charge in [-0.1, -0.05) is 0 Å². The number of rotatable bonds is 3. The fraction of sp³-hybridized carbons (Fsp3) is 0.222. The molecule has 2 nitrogen and oxygen atoms in total. The zero-order valence-corrected chi connectivity index (χ0v) is 6.59. The summed E-state index contributed by atoms with van der Waals surface area (Å²) >= 11 is 0. The Hall–Kier alpha value is -1.22. The van der Waals surface area contributed by atoms with Crippen molar-refractivity contribution in [2.75, 3.05) is 6.54 Å². The Morgan fingerprint density at radius 2 is 1.92 bits per heavy atom. The lowest BCUT2D eigenvalue weighted by atomic mass is 10.1. The van der Waals surface area contributed by atoms with Crippen molar-refractivity contribution in [3.63, 3.8) is 0 Å². The highest BCUT2D eigenvalue weighted by Crippen LogP contribution is 2.04. The van der Waals surface area contributed by atoms with Gasteiger partial charge in [-0.2, -0.15) is 0 Å². The van der Waals surface area contributed by atoms with E-state index >= 15 is 0 Å². The van der Waals surface area contributed by atoms with E-state index in [1.54, 1.807) is 0 Å². The normalized spacial score (nSPS) is 9.83. The van der Waals surface area contributed by atoms with Crippen LogP contribution in [0.2, 0.25) is 0 Å². The highest BCUT2D eigenvalue weighted by Gasteiger charge is 2.03. The Balaban J connectivity index is 2.75. The average molecular weight is 167 g/mol. The Morgan fingerprint density at radius 1 is 1.33 bits per heavy atom. The maximum atomic E-state index is 12.4. The molecule has 0 saturated heterocycles. The minimum Gasteiger partial charge on any atom is -0.330 e. The highest BCUT2D eigenvalue weighted by atomic mass is 19.1. The minimum atomic E-state index is -0.334. The van der Waals surface area contributed by atoms with Crippen molar-refractivity contribution in [1.29, 1.82) is 0 Å². The molecule has 0 saturated carbocycles. The molecule has 1 rings (SSSR count). The van der Waals surface area contributed by atoms with E-state index in [1.807, 2.05) is 0 Å². The third kappa shape index (κ3) is 2.13. The van der Waals surface area contributed by atoms with Gasteiger partial charge in [0, 0.05) is 12.0 Å². The van der Waals surface area contributed by atoms with Crippen LogP contribution in [0.5, 0.6) is 0 Å². The van der Waals surface area contributed by atoms with Gasteiger partial charge in [0.2, 0.25) is 0 Å². The molecule has 0 aliphatic carbocycles. The van der Waals surface area contributed by atoms with E-state index in [-0.39, 0.29) is 11.6 Å². The first kappa shape index (κ1) is 8.87. The molecule has 64 valence electrons. The van der Waals surface area contributed by atoms with Crippen molar-refractivity contribution in [1.82, 2.24) is 0 Å². The van der Waals surface area contributed by atoms with Crippen LogP contribution in [0.4, 0.5) is 4.39 Å². The molecule has 1 aromatic carbocycles. The van der Waals surface area contributed by atoms with Gasteiger partial charge in [-0.05, 0) is 30.8 Å². The predicted molar refractivity (Wildman–Crippen MR) is 44.4 cm³/mol. The zero-order valence-electron chi connectivity index (χ0n) is 6.59. The summed E-state index contributed by atoms with van der Waals surface area (Å²) in [6, 6.07) is 5.47. The van der Waals surface area contributed by atoms with Crippen LogP contribution in [0.15, 0.2) is 24.3 Å². The monoisotopic (exact) mass is 167 g/mol. The molecule has 0 radical (unpaired) electrons. The third-order valence-electron chi connectivity index (χ3n) is 1.54. The zero-order chi connectivity index (χ0) is 8.97. The van der Waals surface area contributed by atoms with Gasteiger partial charge >= 0.3 is 0 Å². The van der Waals surface area contributed by atoms with Crippen molar-refractivity contribution < 1.29 is 9.18 Å². The SMILES string of the molecule is NCCC(=O)c1ccc(F)cc1. The van der Waals surface area contributed by atoms with Gasteiger partial charge in [-0.3, -0.25) is 4.79 Å². The number of Topliss-reactive ketones (excluding diaryl/α,β-unsaturated/α-hetero) is 1. The summed E-state index contributed by atoms with van der Waals surface area (Å²) in [5.41, 5.74) is 5.72. The highest BCUT2D eigenvalue weighted by molar-refractivity contribution is 5.96. The van der Waals surface area contributed by atoms with E-state index in [4.69, 9.17) is 5.73 Å². The van der Waals surface area contributed by atoms with Crippen LogP contribution in [0, 0.1) is 5.82 Å². The fourth-order valence-electron chi connectivity index (χ4n) is 0.911. The lowest BCUT2D eigenvalue weighted by molar-refractivity contribution is 0.0985. The lowest BCUT2D eigenvalue weighted by Crippen LogP contribution is -2.07. The number of halogens is 1. The van der Waals surface area contributed by atoms with Crippen LogP contribution in [0.25, 0.3) is 0 Å². The Morgan fingerprint density at radius 3 is 2.42 bits per heavy atom. The summed E-state index contributed by atoms with van der Waals surface area (Å²) < 4.78 is 12.4. The molecule has 0 aliphatic heterocycles. The van der Waals surface area contributed by atoms with Crippen LogP contribution >= 0.6 is 0 Å². The first-order valence-corrected chi connectivity index (χ1v) is 3.73. The quantitative estimate of drug-likeness (QED) is 0.690. The van der Waals surface area contributed by atoms with Crippen molar-refractivity contribution in [2.45, 2.75) is 6.42 Å². The van der Waals surface area contributed by atoms with Gasteiger partial charge in [-0.25, -0.2) is 4.39 Å². The molecule has 2 N–H and O–H groups in total. The van der Waals surface area contributed by atoms with Crippen LogP contribution in [0.3, 0.4) is 0 Å². The molecule has 0 unspecified atom stereocenters. The first-order valence-electron chi connectivity index (χ1n) is 3.73. The molecule has 0 amide bonds. The van der Waals surface area contributed by atoms with Crippen LogP contribution in [-0.2, 0) is 0 Å². The molecule has 0 atom stereocenters. The third-order valence-corrected chi connectivity index (χ3v) is 1.54. The van der Waals surface area contributed by atoms with Crippen molar-refractivity contribution in [3.8, 4) is 0 Å².